The second-order valence-electron chi connectivity index (χ2n) is 9.42. The van der Waals surface area contributed by atoms with E-state index in [1.807, 2.05) is 4.90 Å². The van der Waals surface area contributed by atoms with Crippen molar-refractivity contribution in [3.05, 3.63) is 35.2 Å². The van der Waals surface area contributed by atoms with Gasteiger partial charge in [0.2, 0.25) is 5.91 Å². The summed E-state index contributed by atoms with van der Waals surface area (Å²) in [6.45, 7) is 5.21. The lowest BCUT2D eigenvalue weighted by molar-refractivity contribution is -0.123. The lowest BCUT2D eigenvalue weighted by Crippen LogP contribution is -2.38. The minimum absolute atomic E-state index is 0.176. The summed E-state index contributed by atoms with van der Waals surface area (Å²) in [6, 6.07) is 9.03. The fraction of sp³-hybridized carbons (Fsp3) is 0.615. The molecule has 2 saturated carbocycles. The van der Waals surface area contributed by atoms with Crippen LogP contribution in [0.1, 0.15) is 89.5 Å². The highest BCUT2D eigenvalue weighted by atomic mass is 32.1. The molecule has 2 fully saturated rings. The van der Waals surface area contributed by atoms with Crippen LogP contribution in [0.2, 0.25) is 0 Å². The molecule has 2 aromatic rings. The summed E-state index contributed by atoms with van der Waals surface area (Å²) in [5, 5.41) is 2.98. The van der Waals surface area contributed by atoms with Crippen LogP contribution in [0.3, 0.4) is 0 Å². The fourth-order valence-corrected chi connectivity index (χ4v) is 6.00. The van der Waals surface area contributed by atoms with Gasteiger partial charge in [-0.25, -0.2) is 4.98 Å². The van der Waals surface area contributed by atoms with Crippen LogP contribution >= 0.6 is 11.3 Å². The van der Waals surface area contributed by atoms with E-state index in [1.165, 1.54) is 50.5 Å². The molecule has 0 unspecified atom stereocenters. The summed E-state index contributed by atoms with van der Waals surface area (Å²) in [7, 11) is 0. The zero-order valence-corrected chi connectivity index (χ0v) is 19.4. The van der Waals surface area contributed by atoms with E-state index in [0.29, 0.717) is 0 Å². The standard InChI is InChI=1S/C26H36N2OS/c1-3-17-28(25(29)23-11-9-19(2)10-12-23)26-27-24(18-30-26)22-15-13-21(14-16-22)20-7-5-4-6-8-20/h13-16,18-20,23H,3-12,17H2,1-2H3. The Hall–Kier alpha value is -1.68. The molecule has 0 saturated heterocycles. The Balaban J connectivity index is 1.47. The van der Waals surface area contributed by atoms with Crippen LogP contribution in [0.4, 0.5) is 5.13 Å². The smallest absolute Gasteiger partial charge is 0.231 e. The Labute approximate surface area is 185 Å². The van der Waals surface area contributed by atoms with E-state index < -0.39 is 0 Å². The molecule has 1 aromatic heterocycles. The van der Waals surface area contributed by atoms with E-state index in [1.54, 1.807) is 11.3 Å². The maximum atomic E-state index is 13.3. The van der Waals surface area contributed by atoms with Gasteiger partial charge in [-0.15, -0.1) is 11.3 Å². The Kier molecular flexibility index (Phi) is 7.24. The molecule has 2 aliphatic carbocycles. The fourth-order valence-electron chi connectivity index (χ4n) is 5.13. The van der Waals surface area contributed by atoms with Crippen molar-refractivity contribution < 1.29 is 4.79 Å². The van der Waals surface area contributed by atoms with Crippen LogP contribution in [0.5, 0.6) is 0 Å². The molecule has 3 nitrogen and oxygen atoms in total. The van der Waals surface area contributed by atoms with Gasteiger partial charge in [0, 0.05) is 23.4 Å². The molecule has 162 valence electrons. The third-order valence-corrected chi connectivity index (χ3v) is 7.95. The molecule has 0 N–H and O–H groups in total. The molecular formula is C26H36N2OS. The quantitative estimate of drug-likeness (QED) is 0.483. The number of amides is 1. The molecule has 1 heterocycles. The maximum Gasteiger partial charge on any atom is 0.231 e. The predicted molar refractivity (Wildman–Crippen MR) is 127 cm³/mol. The van der Waals surface area contributed by atoms with Crippen molar-refractivity contribution in [2.24, 2.45) is 11.8 Å². The average molecular weight is 425 g/mol. The van der Waals surface area contributed by atoms with Gasteiger partial charge in [-0.1, -0.05) is 57.4 Å². The zero-order chi connectivity index (χ0) is 20.9. The highest BCUT2D eigenvalue weighted by Gasteiger charge is 2.30. The van der Waals surface area contributed by atoms with Crippen LogP contribution in [-0.4, -0.2) is 17.4 Å². The molecule has 0 bridgehead atoms. The average Bonchev–Trinajstić information content (AvgIpc) is 3.28. The van der Waals surface area contributed by atoms with Gasteiger partial charge in [-0.3, -0.25) is 9.69 Å². The Bertz CT molecular complexity index is 814. The predicted octanol–water partition coefficient (Wildman–Crippen LogP) is 7.43. The van der Waals surface area contributed by atoms with Crippen molar-refractivity contribution >= 4 is 22.4 Å². The first-order valence-corrected chi connectivity index (χ1v) is 12.9. The largest absolute Gasteiger partial charge is 0.288 e. The molecule has 0 radical (unpaired) electrons. The number of carbonyl (C=O) groups excluding carboxylic acids is 1. The van der Waals surface area contributed by atoms with Gasteiger partial charge in [-0.05, 0) is 62.3 Å². The van der Waals surface area contributed by atoms with Crippen molar-refractivity contribution in [3.63, 3.8) is 0 Å². The number of thiazole rings is 1. The van der Waals surface area contributed by atoms with E-state index in [0.717, 1.165) is 54.0 Å². The molecule has 1 amide bonds. The summed E-state index contributed by atoms with van der Waals surface area (Å²) in [6.07, 6.45) is 12.1. The number of benzene rings is 1. The number of nitrogens with zero attached hydrogens (tertiary/aromatic N) is 2. The monoisotopic (exact) mass is 424 g/mol. The molecule has 2 aliphatic rings. The van der Waals surface area contributed by atoms with Crippen LogP contribution < -0.4 is 4.90 Å². The minimum Gasteiger partial charge on any atom is -0.288 e. The van der Waals surface area contributed by atoms with Crippen LogP contribution in [-0.2, 0) is 4.79 Å². The van der Waals surface area contributed by atoms with Crippen molar-refractivity contribution in [1.29, 1.82) is 0 Å². The highest BCUT2D eigenvalue weighted by molar-refractivity contribution is 7.14. The number of rotatable bonds is 6. The van der Waals surface area contributed by atoms with Gasteiger partial charge in [-0.2, -0.15) is 0 Å². The molecule has 4 rings (SSSR count). The minimum atomic E-state index is 0.176. The Morgan fingerprint density at radius 1 is 1.03 bits per heavy atom. The van der Waals surface area contributed by atoms with E-state index in [4.69, 9.17) is 4.98 Å². The normalized spacial score (nSPS) is 22.7. The molecule has 30 heavy (non-hydrogen) atoms. The SMILES string of the molecule is CCCN(C(=O)C1CCC(C)CC1)c1nc(-c2ccc(C3CCCCC3)cc2)cs1. The molecule has 0 atom stereocenters. The van der Waals surface area contributed by atoms with Gasteiger partial charge in [0.25, 0.3) is 0 Å². The number of carbonyl (C=O) groups is 1. The maximum absolute atomic E-state index is 13.3. The first kappa shape index (κ1) is 21.5. The molecule has 1 aromatic carbocycles. The van der Waals surface area contributed by atoms with E-state index in [-0.39, 0.29) is 11.8 Å². The van der Waals surface area contributed by atoms with Crippen LogP contribution in [0.15, 0.2) is 29.6 Å². The molecule has 0 spiro atoms. The van der Waals surface area contributed by atoms with Crippen molar-refractivity contribution in [3.8, 4) is 11.3 Å². The molecule has 4 heteroatoms. The van der Waals surface area contributed by atoms with Crippen molar-refractivity contribution in [1.82, 2.24) is 4.98 Å². The van der Waals surface area contributed by atoms with Gasteiger partial charge < -0.3 is 0 Å². The number of anilines is 1. The van der Waals surface area contributed by atoms with E-state index in [9.17, 15) is 4.79 Å². The lowest BCUT2D eigenvalue weighted by Gasteiger charge is -2.29. The summed E-state index contributed by atoms with van der Waals surface area (Å²) in [4.78, 5) is 20.1. The number of hydrogen-bond donors (Lipinski definition) is 0. The Morgan fingerprint density at radius 3 is 2.40 bits per heavy atom. The zero-order valence-electron chi connectivity index (χ0n) is 18.6. The lowest BCUT2D eigenvalue weighted by atomic mass is 9.82. The Morgan fingerprint density at radius 2 is 1.73 bits per heavy atom. The van der Waals surface area contributed by atoms with Gasteiger partial charge in [0.1, 0.15) is 0 Å². The van der Waals surface area contributed by atoms with Crippen molar-refractivity contribution in [2.45, 2.75) is 84.0 Å². The van der Waals surface area contributed by atoms with Gasteiger partial charge in [0.15, 0.2) is 5.13 Å². The second kappa shape index (κ2) is 10.1. The number of hydrogen-bond acceptors (Lipinski definition) is 3. The number of aromatic nitrogens is 1. The van der Waals surface area contributed by atoms with E-state index in [2.05, 4.69) is 43.5 Å². The van der Waals surface area contributed by atoms with Crippen LogP contribution in [0.25, 0.3) is 11.3 Å². The third kappa shape index (κ3) is 4.96. The summed E-state index contributed by atoms with van der Waals surface area (Å²) in [5.41, 5.74) is 3.63. The van der Waals surface area contributed by atoms with Crippen molar-refractivity contribution in [2.75, 3.05) is 11.4 Å². The molecular weight excluding hydrogens is 388 g/mol. The van der Waals surface area contributed by atoms with Gasteiger partial charge in [0.05, 0.1) is 5.69 Å². The summed E-state index contributed by atoms with van der Waals surface area (Å²) in [5.74, 6) is 1.96. The second-order valence-corrected chi connectivity index (χ2v) is 10.3. The third-order valence-electron chi connectivity index (χ3n) is 7.08. The first-order chi connectivity index (χ1) is 14.7. The van der Waals surface area contributed by atoms with E-state index >= 15 is 0 Å². The van der Waals surface area contributed by atoms with Gasteiger partial charge >= 0.3 is 0 Å². The molecule has 0 aliphatic heterocycles. The summed E-state index contributed by atoms with van der Waals surface area (Å²) < 4.78 is 0. The topological polar surface area (TPSA) is 33.2 Å². The summed E-state index contributed by atoms with van der Waals surface area (Å²) >= 11 is 1.61. The van der Waals surface area contributed by atoms with Crippen LogP contribution in [0, 0.1) is 11.8 Å². The first-order valence-electron chi connectivity index (χ1n) is 12.0. The highest BCUT2D eigenvalue weighted by Crippen LogP contribution is 2.35.